The van der Waals surface area contributed by atoms with Crippen LogP contribution < -0.4 is 0 Å². The van der Waals surface area contributed by atoms with Crippen LogP contribution in [0, 0.1) is 6.92 Å². The Morgan fingerprint density at radius 1 is 0.767 bits per heavy atom. The summed E-state index contributed by atoms with van der Waals surface area (Å²) < 4.78 is 0. The predicted molar refractivity (Wildman–Crippen MR) is 130 cm³/mol. The zero-order valence-corrected chi connectivity index (χ0v) is 18.1. The standard InChI is InChI=1S/C30H28/c1-21-11-7-8-14-24(21)26-20-29-27(25-15-9-10-16-28(25)30(29,2)3)19-23(26)18-17-22-12-5-4-6-13-22/h4-5,7-12,14-20H,6,13H2,1-3H3/b18-17+. The Bertz CT molecular complexity index is 1210. The number of aryl methyl sites for hydroxylation is 1. The van der Waals surface area contributed by atoms with Gasteiger partial charge in [-0.25, -0.2) is 0 Å². The van der Waals surface area contributed by atoms with Crippen LogP contribution in [0.15, 0.2) is 90.5 Å². The van der Waals surface area contributed by atoms with Crippen molar-refractivity contribution in [2.24, 2.45) is 0 Å². The number of hydrogen-bond donors (Lipinski definition) is 0. The number of benzene rings is 3. The summed E-state index contributed by atoms with van der Waals surface area (Å²) in [5.74, 6) is 0. The van der Waals surface area contributed by atoms with E-state index >= 15 is 0 Å². The van der Waals surface area contributed by atoms with E-state index in [0.717, 1.165) is 12.8 Å². The fourth-order valence-electron chi connectivity index (χ4n) is 4.97. The fraction of sp³-hybridized carbons (Fsp3) is 0.200. The molecule has 3 aromatic rings. The van der Waals surface area contributed by atoms with Crippen LogP contribution in [0.3, 0.4) is 0 Å². The molecule has 0 radical (unpaired) electrons. The first-order valence-electron chi connectivity index (χ1n) is 10.9. The number of hydrogen-bond acceptors (Lipinski definition) is 0. The summed E-state index contributed by atoms with van der Waals surface area (Å²) in [6.07, 6.45) is 13.5. The van der Waals surface area contributed by atoms with Gasteiger partial charge >= 0.3 is 0 Å². The smallest absolute Gasteiger partial charge is 0.0159 e. The number of allylic oxidation sites excluding steroid dienone is 5. The Morgan fingerprint density at radius 2 is 1.53 bits per heavy atom. The molecule has 148 valence electrons. The first kappa shape index (κ1) is 18.9. The van der Waals surface area contributed by atoms with Crippen molar-refractivity contribution in [2.45, 2.75) is 39.0 Å². The maximum absolute atomic E-state index is 2.45. The Labute approximate surface area is 180 Å². The Balaban J connectivity index is 1.73. The highest BCUT2D eigenvalue weighted by Gasteiger charge is 2.35. The van der Waals surface area contributed by atoms with E-state index in [-0.39, 0.29) is 5.41 Å². The summed E-state index contributed by atoms with van der Waals surface area (Å²) in [6.45, 7) is 6.92. The summed E-state index contributed by atoms with van der Waals surface area (Å²) in [7, 11) is 0. The SMILES string of the molecule is Cc1ccccc1-c1cc2c(cc1/C=C/C1=CC=CCC1)-c1ccccc1C2(C)C. The molecule has 5 rings (SSSR count). The van der Waals surface area contributed by atoms with Crippen molar-refractivity contribution in [1.29, 1.82) is 0 Å². The lowest BCUT2D eigenvalue weighted by molar-refractivity contribution is 0.660. The second kappa shape index (κ2) is 7.29. The number of fused-ring (bicyclic) bond motifs is 3. The number of rotatable bonds is 3. The third kappa shape index (κ3) is 3.08. The van der Waals surface area contributed by atoms with Gasteiger partial charge in [0.1, 0.15) is 0 Å². The van der Waals surface area contributed by atoms with Crippen LogP contribution in [-0.2, 0) is 5.41 Å². The minimum atomic E-state index is 0.0162. The van der Waals surface area contributed by atoms with E-state index < -0.39 is 0 Å². The van der Waals surface area contributed by atoms with Crippen molar-refractivity contribution in [3.05, 3.63) is 113 Å². The van der Waals surface area contributed by atoms with E-state index in [2.05, 4.69) is 112 Å². The quantitative estimate of drug-likeness (QED) is 0.423. The average molecular weight is 389 g/mol. The van der Waals surface area contributed by atoms with Crippen LogP contribution in [0.5, 0.6) is 0 Å². The summed E-state index contributed by atoms with van der Waals surface area (Å²) in [4.78, 5) is 0. The minimum absolute atomic E-state index is 0.0162. The van der Waals surface area contributed by atoms with Crippen LogP contribution >= 0.6 is 0 Å². The molecule has 0 N–H and O–H groups in total. The van der Waals surface area contributed by atoms with E-state index in [4.69, 9.17) is 0 Å². The Kier molecular flexibility index (Phi) is 4.59. The van der Waals surface area contributed by atoms with Gasteiger partial charge in [-0.3, -0.25) is 0 Å². The monoisotopic (exact) mass is 388 g/mol. The zero-order valence-electron chi connectivity index (χ0n) is 18.1. The molecule has 0 saturated heterocycles. The molecular formula is C30H28. The van der Waals surface area contributed by atoms with E-state index in [9.17, 15) is 0 Å². The average Bonchev–Trinajstić information content (AvgIpc) is 3.00. The Hall–Kier alpha value is -3.12. The van der Waals surface area contributed by atoms with Crippen molar-refractivity contribution in [3.63, 3.8) is 0 Å². The molecule has 0 nitrogen and oxygen atoms in total. The van der Waals surface area contributed by atoms with E-state index in [1.807, 2.05) is 0 Å². The zero-order chi connectivity index (χ0) is 20.7. The molecule has 0 aliphatic heterocycles. The van der Waals surface area contributed by atoms with Gasteiger partial charge in [0.25, 0.3) is 0 Å². The molecule has 0 saturated carbocycles. The minimum Gasteiger partial charge on any atom is -0.0842 e. The third-order valence-corrected chi connectivity index (χ3v) is 6.71. The molecule has 2 aliphatic rings. The molecule has 0 amide bonds. The predicted octanol–water partition coefficient (Wildman–Crippen LogP) is 8.26. The summed E-state index contributed by atoms with van der Waals surface area (Å²) in [5.41, 5.74) is 12.3. The maximum Gasteiger partial charge on any atom is 0.0159 e. The van der Waals surface area contributed by atoms with Gasteiger partial charge in [-0.15, -0.1) is 0 Å². The molecule has 0 bridgehead atoms. The maximum atomic E-state index is 2.45. The lowest BCUT2D eigenvalue weighted by Crippen LogP contribution is -2.15. The van der Waals surface area contributed by atoms with Crippen molar-refractivity contribution in [3.8, 4) is 22.3 Å². The molecule has 0 heteroatoms. The molecule has 30 heavy (non-hydrogen) atoms. The molecule has 0 unspecified atom stereocenters. The highest BCUT2D eigenvalue weighted by atomic mass is 14.4. The van der Waals surface area contributed by atoms with Gasteiger partial charge in [-0.05, 0) is 82.0 Å². The van der Waals surface area contributed by atoms with E-state index in [1.54, 1.807) is 0 Å². The van der Waals surface area contributed by atoms with Crippen molar-refractivity contribution >= 4 is 6.08 Å². The van der Waals surface area contributed by atoms with E-state index in [1.165, 1.54) is 50.1 Å². The van der Waals surface area contributed by atoms with Crippen molar-refractivity contribution in [1.82, 2.24) is 0 Å². The highest BCUT2D eigenvalue weighted by molar-refractivity contribution is 5.88. The fourth-order valence-corrected chi connectivity index (χ4v) is 4.97. The van der Waals surface area contributed by atoms with Gasteiger partial charge in [0.15, 0.2) is 0 Å². The second-order valence-electron chi connectivity index (χ2n) is 9.01. The Morgan fingerprint density at radius 3 is 2.30 bits per heavy atom. The summed E-state index contributed by atoms with van der Waals surface area (Å²) in [5, 5.41) is 0. The highest BCUT2D eigenvalue weighted by Crippen LogP contribution is 2.50. The van der Waals surface area contributed by atoms with Gasteiger partial charge in [0, 0.05) is 5.41 Å². The second-order valence-corrected chi connectivity index (χ2v) is 9.01. The van der Waals surface area contributed by atoms with Gasteiger partial charge < -0.3 is 0 Å². The molecule has 2 aliphatic carbocycles. The van der Waals surface area contributed by atoms with Crippen LogP contribution in [0.1, 0.15) is 48.9 Å². The molecule has 0 aromatic heterocycles. The van der Waals surface area contributed by atoms with Crippen LogP contribution in [0.4, 0.5) is 0 Å². The van der Waals surface area contributed by atoms with Crippen LogP contribution in [0.25, 0.3) is 28.3 Å². The van der Waals surface area contributed by atoms with Gasteiger partial charge in [0.05, 0.1) is 0 Å². The van der Waals surface area contributed by atoms with Gasteiger partial charge in [0.2, 0.25) is 0 Å². The molecule has 0 spiro atoms. The summed E-state index contributed by atoms with van der Waals surface area (Å²) in [6, 6.07) is 22.5. The largest absolute Gasteiger partial charge is 0.0842 e. The molecule has 0 heterocycles. The van der Waals surface area contributed by atoms with Crippen molar-refractivity contribution < 1.29 is 0 Å². The first-order chi connectivity index (χ1) is 14.6. The van der Waals surface area contributed by atoms with Crippen LogP contribution in [0.2, 0.25) is 0 Å². The van der Waals surface area contributed by atoms with Crippen molar-refractivity contribution in [2.75, 3.05) is 0 Å². The van der Waals surface area contributed by atoms with Gasteiger partial charge in [-0.2, -0.15) is 0 Å². The van der Waals surface area contributed by atoms with Crippen LogP contribution in [-0.4, -0.2) is 0 Å². The lowest BCUT2D eigenvalue weighted by Gasteiger charge is -2.23. The molecule has 0 atom stereocenters. The lowest BCUT2D eigenvalue weighted by atomic mass is 9.80. The molecular weight excluding hydrogens is 360 g/mol. The normalized spacial score (nSPS) is 16.4. The summed E-state index contributed by atoms with van der Waals surface area (Å²) >= 11 is 0. The van der Waals surface area contributed by atoms with Gasteiger partial charge in [-0.1, -0.05) is 92.8 Å². The molecule has 0 fully saturated rings. The first-order valence-corrected chi connectivity index (χ1v) is 10.9. The third-order valence-electron chi connectivity index (χ3n) is 6.71. The molecule has 3 aromatic carbocycles. The van der Waals surface area contributed by atoms with E-state index in [0.29, 0.717) is 0 Å². The topological polar surface area (TPSA) is 0 Å².